The van der Waals surface area contributed by atoms with E-state index in [0.717, 1.165) is 0 Å². The molecule has 1 atom stereocenters. The minimum atomic E-state index is -1.46. The number of amides is 1. The van der Waals surface area contributed by atoms with E-state index >= 15 is 0 Å². The van der Waals surface area contributed by atoms with Crippen molar-refractivity contribution in [3.05, 3.63) is 34.3 Å². The SMILES string of the molecule is CCOc1ccc(Cl)c(NC(=O)C(N=Nc2ccc(Cl)c(OCC)c2OCC)C(C)=O)c1OCC. The van der Waals surface area contributed by atoms with Gasteiger partial charge in [0.2, 0.25) is 6.04 Å². The molecule has 11 heteroatoms. The van der Waals surface area contributed by atoms with Crippen molar-refractivity contribution in [2.45, 2.75) is 40.7 Å². The molecule has 0 aliphatic heterocycles. The van der Waals surface area contributed by atoms with Crippen LogP contribution in [0.2, 0.25) is 10.0 Å². The first-order chi connectivity index (χ1) is 16.8. The third-order valence-corrected chi connectivity index (χ3v) is 5.06. The number of nitrogens with zero attached hydrogens (tertiary/aromatic N) is 2. The molecule has 0 fully saturated rings. The molecule has 0 saturated heterocycles. The molecule has 0 heterocycles. The molecule has 0 aliphatic rings. The third-order valence-electron chi connectivity index (χ3n) is 4.44. The Morgan fingerprint density at radius 3 is 2.00 bits per heavy atom. The van der Waals surface area contributed by atoms with Crippen LogP contribution in [0.1, 0.15) is 34.6 Å². The number of nitrogens with one attached hydrogen (secondary N) is 1. The van der Waals surface area contributed by atoms with Crippen molar-refractivity contribution in [3.8, 4) is 23.0 Å². The van der Waals surface area contributed by atoms with E-state index in [1.807, 2.05) is 6.92 Å². The number of halogens is 2. The van der Waals surface area contributed by atoms with Crippen molar-refractivity contribution in [3.63, 3.8) is 0 Å². The van der Waals surface area contributed by atoms with E-state index < -0.39 is 17.7 Å². The van der Waals surface area contributed by atoms with Crippen LogP contribution < -0.4 is 24.3 Å². The van der Waals surface area contributed by atoms with Gasteiger partial charge in [-0.25, -0.2) is 0 Å². The zero-order chi connectivity index (χ0) is 26.0. The van der Waals surface area contributed by atoms with E-state index in [0.29, 0.717) is 42.9 Å². The summed E-state index contributed by atoms with van der Waals surface area (Å²) in [5, 5.41) is 11.3. The maximum Gasteiger partial charge on any atom is 0.258 e. The maximum absolute atomic E-state index is 13.1. The quantitative estimate of drug-likeness (QED) is 0.244. The highest BCUT2D eigenvalue weighted by Crippen LogP contribution is 2.43. The number of carbonyl (C=O) groups is 2. The molecular weight excluding hydrogens is 497 g/mol. The average Bonchev–Trinajstić information content (AvgIpc) is 2.81. The number of rotatable bonds is 13. The van der Waals surface area contributed by atoms with E-state index in [-0.39, 0.29) is 27.9 Å². The number of Topliss-reactive ketones (excluding diaryl/α,β-unsaturated/α-hetero) is 1. The van der Waals surface area contributed by atoms with Gasteiger partial charge in [-0.1, -0.05) is 23.2 Å². The van der Waals surface area contributed by atoms with Crippen molar-refractivity contribution in [2.24, 2.45) is 10.2 Å². The second-order valence-electron chi connectivity index (χ2n) is 6.92. The van der Waals surface area contributed by atoms with Gasteiger partial charge in [0.15, 0.2) is 28.8 Å². The molecule has 1 unspecified atom stereocenters. The molecule has 0 saturated carbocycles. The zero-order valence-electron chi connectivity index (χ0n) is 20.3. The fourth-order valence-electron chi connectivity index (χ4n) is 3.01. The fraction of sp³-hybridized carbons (Fsp3) is 0.417. The Morgan fingerprint density at radius 1 is 0.829 bits per heavy atom. The molecular formula is C24H29Cl2N3O6. The minimum absolute atomic E-state index is 0.172. The Kier molecular flexibility index (Phi) is 11.1. The summed E-state index contributed by atoms with van der Waals surface area (Å²) in [6.07, 6.45) is 0. The van der Waals surface area contributed by atoms with Gasteiger partial charge in [0.1, 0.15) is 11.4 Å². The van der Waals surface area contributed by atoms with E-state index in [2.05, 4.69) is 15.5 Å². The summed E-state index contributed by atoms with van der Waals surface area (Å²) >= 11 is 12.6. The number of carbonyl (C=O) groups excluding carboxylic acids is 2. The summed E-state index contributed by atoms with van der Waals surface area (Å²) < 4.78 is 22.5. The van der Waals surface area contributed by atoms with Crippen LogP contribution in [0.25, 0.3) is 0 Å². The molecule has 2 aromatic carbocycles. The van der Waals surface area contributed by atoms with Gasteiger partial charge in [-0.05, 0) is 58.9 Å². The molecule has 0 bridgehead atoms. The lowest BCUT2D eigenvalue weighted by atomic mass is 10.2. The highest BCUT2D eigenvalue weighted by Gasteiger charge is 2.27. The van der Waals surface area contributed by atoms with Gasteiger partial charge < -0.3 is 24.3 Å². The zero-order valence-corrected chi connectivity index (χ0v) is 21.8. The van der Waals surface area contributed by atoms with Gasteiger partial charge >= 0.3 is 0 Å². The van der Waals surface area contributed by atoms with Gasteiger partial charge in [0.05, 0.1) is 36.5 Å². The van der Waals surface area contributed by atoms with Crippen molar-refractivity contribution < 1.29 is 28.5 Å². The maximum atomic E-state index is 13.1. The van der Waals surface area contributed by atoms with E-state index in [1.165, 1.54) is 6.92 Å². The summed E-state index contributed by atoms with van der Waals surface area (Å²) in [6.45, 7) is 9.79. The molecule has 2 rings (SSSR count). The third kappa shape index (κ3) is 7.22. The van der Waals surface area contributed by atoms with Crippen LogP contribution in [-0.4, -0.2) is 44.2 Å². The Hall–Kier alpha value is -3.04. The van der Waals surface area contributed by atoms with Gasteiger partial charge in [-0.3, -0.25) is 9.59 Å². The van der Waals surface area contributed by atoms with Gasteiger partial charge in [0, 0.05) is 0 Å². The van der Waals surface area contributed by atoms with Crippen LogP contribution in [0.3, 0.4) is 0 Å². The van der Waals surface area contributed by atoms with Crippen LogP contribution in [0, 0.1) is 0 Å². The number of ether oxygens (including phenoxy) is 4. The summed E-state index contributed by atoms with van der Waals surface area (Å²) in [7, 11) is 0. The number of benzene rings is 2. The highest BCUT2D eigenvalue weighted by molar-refractivity contribution is 6.34. The molecule has 190 valence electrons. The average molecular weight is 526 g/mol. The monoisotopic (exact) mass is 525 g/mol. The Morgan fingerprint density at radius 2 is 1.40 bits per heavy atom. The van der Waals surface area contributed by atoms with Crippen molar-refractivity contribution in [2.75, 3.05) is 31.7 Å². The molecule has 0 spiro atoms. The molecule has 0 radical (unpaired) electrons. The van der Waals surface area contributed by atoms with E-state index in [1.54, 1.807) is 45.0 Å². The largest absolute Gasteiger partial charge is 0.490 e. The molecule has 0 aromatic heterocycles. The first-order valence-corrected chi connectivity index (χ1v) is 11.9. The van der Waals surface area contributed by atoms with Crippen LogP contribution in [-0.2, 0) is 9.59 Å². The Labute approximate surface area is 214 Å². The van der Waals surface area contributed by atoms with Gasteiger partial charge in [-0.15, -0.1) is 0 Å². The number of azo groups is 1. The predicted molar refractivity (Wildman–Crippen MR) is 135 cm³/mol. The fourth-order valence-corrected chi connectivity index (χ4v) is 3.41. The number of ketones is 1. The first-order valence-electron chi connectivity index (χ1n) is 11.2. The van der Waals surface area contributed by atoms with Crippen molar-refractivity contribution in [1.82, 2.24) is 0 Å². The predicted octanol–water partition coefficient (Wildman–Crippen LogP) is 6.27. The smallest absolute Gasteiger partial charge is 0.258 e. The van der Waals surface area contributed by atoms with Crippen LogP contribution >= 0.6 is 23.2 Å². The standard InChI is InChI=1S/C24H29Cl2N3O6/c1-6-32-18-13-11-15(25)20(23(18)35-9-4)27-24(31)19(14(5)30)29-28-17-12-10-16(26)21(33-7-2)22(17)34-8-3/h10-13,19H,6-9H2,1-5H3,(H,27,31). The molecule has 35 heavy (non-hydrogen) atoms. The normalized spacial score (nSPS) is 11.7. The van der Waals surface area contributed by atoms with Crippen molar-refractivity contribution >= 4 is 46.3 Å². The van der Waals surface area contributed by atoms with E-state index in [9.17, 15) is 9.59 Å². The van der Waals surface area contributed by atoms with Crippen LogP contribution in [0.4, 0.5) is 11.4 Å². The summed E-state index contributed by atoms with van der Waals surface area (Å²) in [5.74, 6) is -0.0438. The lowest BCUT2D eigenvalue weighted by molar-refractivity contribution is -0.126. The lowest BCUT2D eigenvalue weighted by Crippen LogP contribution is -2.32. The minimum Gasteiger partial charge on any atom is -0.490 e. The lowest BCUT2D eigenvalue weighted by Gasteiger charge is -2.18. The summed E-state index contributed by atoms with van der Waals surface area (Å²) in [4.78, 5) is 25.4. The number of hydrogen-bond donors (Lipinski definition) is 1. The van der Waals surface area contributed by atoms with E-state index in [4.69, 9.17) is 42.1 Å². The molecule has 2 aromatic rings. The second-order valence-corrected chi connectivity index (χ2v) is 7.74. The number of hydrogen-bond acceptors (Lipinski definition) is 8. The van der Waals surface area contributed by atoms with Gasteiger partial charge in [0.25, 0.3) is 5.91 Å². The van der Waals surface area contributed by atoms with Gasteiger partial charge in [-0.2, -0.15) is 10.2 Å². The molecule has 9 nitrogen and oxygen atoms in total. The number of anilines is 1. The molecule has 1 N–H and O–H groups in total. The first kappa shape index (κ1) is 28.2. The topological polar surface area (TPSA) is 108 Å². The Balaban J connectivity index is 2.42. The van der Waals surface area contributed by atoms with Crippen LogP contribution in [0.5, 0.6) is 23.0 Å². The summed E-state index contributed by atoms with van der Waals surface area (Å²) in [5.41, 5.74) is 0.427. The summed E-state index contributed by atoms with van der Waals surface area (Å²) in [6, 6.07) is 4.87. The van der Waals surface area contributed by atoms with Crippen molar-refractivity contribution in [1.29, 1.82) is 0 Å². The highest BCUT2D eigenvalue weighted by atomic mass is 35.5. The second kappa shape index (κ2) is 13.7. The Bertz CT molecular complexity index is 1080. The molecule has 0 aliphatic carbocycles. The van der Waals surface area contributed by atoms with Crippen LogP contribution in [0.15, 0.2) is 34.5 Å². The molecule has 1 amide bonds.